The van der Waals surface area contributed by atoms with Gasteiger partial charge in [-0.1, -0.05) is 30.3 Å². The van der Waals surface area contributed by atoms with Crippen LogP contribution in [0, 0.1) is 0 Å². The molecule has 0 saturated heterocycles. The molecular formula is C14H15NO3. The van der Waals surface area contributed by atoms with Crippen LogP contribution in [0.15, 0.2) is 53.1 Å². The molecule has 0 saturated carbocycles. The Hall–Kier alpha value is -2.07. The predicted molar refractivity (Wildman–Crippen MR) is 63.4 cm³/mol. The third-order valence-corrected chi connectivity index (χ3v) is 2.70. The van der Waals surface area contributed by atoms with E-state index in [0.717, 1.165) is 16.2 Å². The molecule has 1 aromatic heterocycles. The van der Waals surface area contributed by atoms with Crippen molar-refractivity contribution in [3.05, 3.63) is 60.1 Å². The third kappa shape index (κ3) is 3.75. The Morgan fingerprint density at radius 2 is 1.89 bits per heavy atom. The predicted octanol–water partition coefficient (Wildman–Crippen LogP) is -0.385. The molecule has 2 aromatic rings. The van der Waals surface area contributed by atoms with Gasteiger partial charge in [0.25, 0.3) is 0 Å². The van der Waals surface area contributed by atoms with E-state index in [9.17, 15) is 9.90 Å². The second kappa shape index (κ2) is 6.02. The summed E-state index contributed by atoms with van der Waals surface area (Å²) in [4.78, 5) is 11.7. The zero-order valence-electron chi connectivity index (χ0n) is 9.96. The molecule has 1 N–H and O–H groups in total. The second-order valence-corrected chi connectivity index (χ2v) is 4.22. The smallest absolute Gasteiger partial charge is 0.157 e. The number of hydrogen-bond donors (Lipinski definition) is 1. The monoisotopic (exact) mass is 245 g/mol. The van der Waals surface area contributed by atoms with E-state index in [1.165, 1.54) is 0 Å². The highest BCUT2D eigenvalue weighted by molar-refractivity contribution is 5.65. The van der Waals surface area contributed by atoms with Crippen molar-refractivity contribution < 1.29 is 19.2 Å². The van der Waals surface area contributed by atoms with E-state index in [4.69, 9.17) is 4.42 Å². The summed E-state index contributed by atoms with van der Waals surface area (Å²) in [5.41, 5.74) is 1.10. The van der Waals surface area contributed by atoms with E-state index < -0.39 is 5.97 Å². The maximum Gasteiger partial charge on any atom is 0.157 e. The van der Waals surface area contributed by atoms with Crippen LogP contribution < -0.4 is 10.0 Å². The highest BCUT2D eigenvalue weighted by Gasteiger charge is 2.12. The lowest BCUT2D eigenvalue weighted by Crippen LogP contribution is -3.10. The van der Waals surface area contributed by atoms with Crippen molar-refractivity contribution in [1.29, 1.82) is 0 Å². The van der Waals surface area contributed by atoms with Crippen molar-refractivity contribution in [1.82, 2.24) is 0 Å². The van der Waals surface area contributed by atoms with Crippen LogP contribution in [0.4, 0.5) is 0 Å². The minimum absolute atomic E-state index is 0.0321. The van der Waals surface area contributed by atoms with Crippen LogP contribution in [0.5, 0.6) is 0 Å². The van der Waals surface area contributed by atoms with Gasteiger partial charge in [-0.3, -0.25) is 0 Å². The maximum atomic E-state index is 10.8. The zero-order valence-corrected chi connectivity index (χ0v) is 9.96. The highest BCUT2D eigenvalue weighted by Crippen LogP contribution is 1.99. The molecule has 0 bridgehead atoms. The molecule has 0 aliphatic carbocycles. The molecule has 0 aliphatic heterocycles. The fourth-order valence-corrected chi connectivity index (χ4v) is 1.94. The molecule has 4 nitrogen and oxygen atoms in total. The van der Waals surface area contributed by atoms with Gasteiger partial charge in [0.05, 0.1) is 12.2 Å². The Balaban J connectivity index is 2.03. The summed E-state index contributed by atoms with van der Waals surface area (Å²) in [6.07, 6.45) is 1.59. The molecule has 0 aliphatic rings. The van der Waals surface area contributed by atoms with Gasteiger partial charge in [0.2, 0.25) is 0 Å². The Morgan fingerprint density at radius 3 is 2.50 bits per heavy atom. The topological polar surface area (TPSA) is 57.7 Å². The molecule has 1 heterocycles. The number of hydrogen-bond acceptors (Lipinski definition) is 3. The van der Waals surface area contributed by atoms with Crippen LogP contribution >= 0.6 is 0 Å². The van der Waals surface area contributed by atoms with E-state index in [1.807, 2.05) is 36.4 Å². The molecule has 0 spiro atoms. The zero-order chi connectivity index (χ0) is 12.8. The average Bonchev–Trinajstić information content (AvgIpc) is 2.82. The van der Waals surface area contributed by atoms with Gasteiger partial charge in [-0.15, -0.1) is 0 Å². The number of benzene rings is 1. The molecule has 18 heavy (non-hydrogen) atoms. The number of rotatable bonds is 6. The average molecular weight is 245 g/mol. The van der Waals surface area contributed by atoms with Gasteiger partial charge in [0, 0.05) is 5.56 Å². The van der Waals surface area contributed by atoms with Gasteiger partial charge in [-0.05, 0) is 12.1 Å². The van der Waals surface area contributed by atoms with Gasteiger partial charge >= 0.3 is 0 Å². The minimum Gasteiger partial charge on any atom is -0.544 e. The van der Waals surface area contributed by atoms with E-state index in [1.54, 1.807) is 12.3 Å². The summed E-state index contributed by atoms with van der Waals surface area (Å²) in [5.74, 6) is -0.269. The first-order valence-corrected chi connectivity index (χ1v) is 5.84. The summed E-state index contributed by atoms with van der Waals surface area (Å²) in [5, 5.41) is 10.8. The molecule has 2 rings (SSSR count). The molecule has 94 valence electrons. The number of carboxylic acids is 1. The molecule has 1 unspecified atom stereocenters. The summed E-state index contributed by atoms with van der Waals surface area (Å²) < 4.78 is 5.25. The second-order valence-electron chi connectivity index (χ2n) is 4.22. The van der Waals surface area contributed by atoms with E-state index in [-0.39, 0.29) is 6.54 Å². The van der Waals surface area contributed by atoms with Crippen LogP contribution in [0.1, 0.15) is 11.3 Å². The van der Waals surface area contributed by atoms with E-state index >= 15 is 0 Å². The van der Waals surface area contributed by atoms with Crippen LogP contribution in [0.25, 0.3) is 0 Å². The van der Waals surface area contributed by atoms with Crippen molar-refractivity contribution in [3.8, 4) is 0 Å². The van der Waals surface area contributed by atoms with Crippen molar-refractivity contribution in [2.75, 3.05) is 6.54 Å². The first kappa shape index (κ1) is 12.4. The van der Waals surface area contributed by atoms with Crippen molar-refractivity contribution in [2.24, 2.45) is 0 Å². The van der Waals surface area contributed by atoms with E-state index in [2.05, 4.69) is 0 Å². The first-order chi connectivity index (χ1) is 8.74. The summed E-state index contributed by atoms with van der Waals surface area (Å²) in [7, 11) is 0. The van der Waals surface area contributed by atoms with Gasteiger partial charge < -0.3 is 19.2 Å². The largest absolute Gasteiger partial charge is 0.544 e. The lowest BCUT2D eigenvalue weighted by molar-refractivity contribution is -0.922. The molecule has 0 fully saturated rings. The molecule has 4 heteroatoms. The lowest BCUT2D eigenvalue weighted by Gasteiger charge is -2.18. The number of quaternary nitrogens is 1. The number of carbonyl (C=O) groups excluding carboxylic acids is 1. The normalized spacial score (nSPS) is 12.2. The van der Waals surface area contributed by atoms with E-state index in [0.29, 0.717) is 13.1 Å². The van der Waals surface area contributed by atoms with Gasteiger partial charge in [0.1, 0.15) is 19.6 Å². The molecule has 0 amide bonds. The Kier molecular flexibility index (Phi) is 4.15. The fourth-order valence-electron chi connectivity index (χ4n) is 1.94. The third-order valence-electron chi connectivity index (χ3n) is 2.70. The van der Waals surface area contributed by atoms with Gasteiger partial charge in [-0.25, -0.2) is 0 Å². The first-order valence-electron chi connectivity index (χ1n) is 5.84. The molecule has 0 radical (unpaired) electrons. The number of aliphatic carboxylic acids is 1. The van der Waals surface area contributed by atoms with Crippen LogP contribution in [-0.2, 0) is 17.9 Å². The fraction of sp³-hybridized carbons (Fsp3) is 0.214. The molecular weight excluding hydrogens is 230 g/mol. The van der Waals surface area contributed by atoms with Crippen LogP contribution in [0.2, 0.25) is 0 Å². The Bertz CT molecular complexity index is 479. The minimum atomic E-state index is -1.05. The number of carboxylic acid groups (broad SMARTS) is 1. The van der Waals surface area contributed by atoms with Gasteiger partial charge in [-0.2, -0.15) is 0 Å². The summed E-state index contributed by atoms with van der Waals surface area (Å²) >= 11 is 0. The Labute approximate surface area is 105 Å². The number of carbonyl (C=O) groups is 1. The number of furan rings is 1. The van der Waals surface area contributed by atoms with Crippen molar-refractivity contribution >= 4 is 5.97 Å². The molecule has 1 atom stereocenters. The number of nitrogens with one attached hydrogen (secondary N) is 1. The molecule has 1 aromatic carbocycles. The lowest BCUT2D eigenvalue weighted by atomic mass is 10.2. The van der Waals surface area contributed by atoms with Crippen LogP contribution in [0.3, 0.4) is 0 Å². The van der Waals surface area contributed by atoms with Crippen LogP contribution in [-0.4, -0.2) is 12.5 Å². The SMILES string of the molecule is O=C([O-])C[NH+](Cc1ccccc1)Cc1ccco1. The van der Waals surface area contributed by atoms with Crippen molar-refractivity contribution in [3.63, 3.8) is 0 Å². The highest BCUT2D eigenvalue weighted by atomic mass is 16.4. The van der Waals surface area contributed by atoms with Gasteiger partial charge in [0.15, 0.2) is 5.76 Å². The maximum absolute atomic E-state index is 10.8. The Morgan fingerprint density at radius 1 is 1.11 bits per heavy atom. The summed E-state index contributed by atoms with van der Waals surface area (Å²) in [6.45, 7) is 1.14. The quantitative estimate of drug-likeness (QED) is 0.754. The standard InChI is InChI=1S/C14H15NO3/c16-14(17)11-15(10-13-7-4-8-18-13)9-12-5-2-1-3-6-12/h1-8H,9-11H2,(H,16,17). The summed E-state index contributed by atoms with van der Waals surface area (Å²) in [6, 6.07) is 13.4. The van der Waals surface area contributed by atoms with Crippen molar-refractivity contribution in [2.45, 2.75) is 13.1 Å².